The van der Waals surface area contributed by atoms with E-state index < -0.39 is 21.8 Å². The zero-order valence-electron chi connectivity index (χ0n) is 14.9. The van der Waals surface area contributed by atoms with E-state index in [2.05, 4.69) is 4.72 Å². The molecule has 0 spiro atoms. The Morgan fingerprint density at radius 3 is 1.82 bits per heavy atom. The van der Waals surface area contributed by atoms with Crippen LogP contribution in [0, 0.1) is 6.92 Å². The Labute approximate surface area is 162 Å². The van der Waals surface area contributed by atoms with Gasteiger partial charge in [0, 0.05) is 5.69 Å². The minimum Gasteiger partial charge on any atom is -0.280 e. The summed E-state index contributed by atoms with van der Waals surface area (Å²) in [5.74, 6) is -0.790. The molecule has 1 N–H and O–H groups in total. The normalized spacial score (nSPS) is 13.5. The fourth-order valence-corrected chi connectivity index (χ4v) is 4.09. The van der Waals surface area contributed by atoms with Crippen LogP contribution in [0.1, 0.15) is 26.3 Å². The van der Waals surface area contributed by atoms with Gasteiger partial charge >= 0.3 is 0 Å². The van der Waals surface area contributed by atoms with Gasteiger partial charge in [-0.05, 0) is 55.5 Å². The summed E-state index contributed by atoms with van der Waals surface area (Å²) in [7, 11) is -3.72. The van der Waals surface area contributed by atoms with Crippen molar-refractivity contribution in [2.24, 2.45) is 0 Å². The number of fused-ring (bicyclic) bond motifs is 1. The number of nitrogens with one attached hydrogen (secondary N) is 1. The fourth-order valence-electron chi connectivity index (χ4n) is 3.03. The van der Waals surface area contributed by atoms with Gasteiger partial charge in [0.25, 0.3) is 21.8 Å². The second-order valence-corrected chi connectivity index (χ2v) is 8.14. The number of benzene rings is 3. The molecular formula is C21H16N2O4S. The van der Waals surface area contributed by atoms with E-state index in [0.717, 1.165) is 10.5 Å². The number of carbonyl (C=O) groups is 2. The largest absolute Gasteiger partial charge is 0.280 e. The highest BCUT2D eigenvalue weighted by atomic mass is 32.2. The van der Waals surface area contributed by atoms with Crippen molar-refractivity contribution in [1.29, 1.82) is 0 Å². The SMILES string of the molecule is Cc1ccc(S(=O)(=O)Nc2ccc(N3C(=O)c4ccccc4C3=O)cc2)cc1. The standard InChI is InChI=1S/C21H16N2O4S/c1-14-6-12-17(13-7-14)28(26,27)22-15-8-10-16(11-9-15)23-20(24)18-4-2-3-5-19(18)21(23)25/h2-13,22H,1H3. The van der Waals surface area contributed by atoms with Crippen molar-refractivity contribution in [1.82, 2.24) is 0 Å². The van der Waals surface area contributed by atoms with Crippen LogP contribution in [0.25, 0.3) is 0 Å². The summed E-state index contributed by atoms with van der Waals surface area (Å²) < 4.78 is 27.4. The van der Waals surface area contributed by atoms with Crippen molar-refractivity contribution in [3.05, 3.63) is 89.5 Å². The number of nitrogens with zero attached hydrogens (tertiary/aromatic N) is 1. The third-order valence-corrected chi connectivity index (χ3v) is 5.90. The molecule has 1 aliphatic rings. The van der Waals surface area contributed by atoms with Crippen molar-refractivity contribution < 1.29 is 18.0 Å². The zero-order valence-corrected chi connectivity index (χ0v) is 15.7. The second-order valence-electron chi connectivity index (χ2n) is 6.46. The quantitative estimate of drug-likeness (QED) is 0.688. The van der Waals surface area contributed by atoms with Crippen molar-refractivity contribution >= 4 is 33.2 Å². The summed E-state index contributed by atoms with van der Waals surface area (Å²) in [6.45, 7) is 1.88. The number of amides is 2. The number of aryl methyl sites for hydroxylation is 1. The molecule has 1 aliphatic heterocycles. The third-order valence-electron chi connectivity index (χ3n) is 4.50. The lowest BCUT2D eigenvalue weighted by atomic mass is 10.1. The van der Waals surface area contributed by atoms with Crippen LogP contribution in [0.3, 0.4) is 0 Å². The van der Waals surface area contributed by atoms with Crippen LogP contribution in [0.5, 0.6) is 0 Å². The van der Waals surface area contributed by atoms with Crippen LogP contribution in [-0.4, -0.2) is 20.2 Å². The van der Waals surface area contributed by atoms with Crippen molar-refractivity contribution in [3.63, 3.8) is 0 Å². The highest BCUT2D eigenvalue weighted by Gasteiger charge is 2.36. The molecular weight excluding hydrogens is 376 g/mol. The molecule has 0 saturated heterocycles. The third kappa shape index (κ3) is 3.05. The first-order chi connectivity index (χ1) is 13.4. The maximum atomic E-state index is 12.5. The maximum Gasteiger partial charge on any atom is 0.266 e. The van der Waals surface area contributed by atoms with Crippen LogP contribution in [0.15, 0.2) is 77.7 Å². The minimum atomic E-state index is -3.72. The average Bonchev–Trinajstić information content (AvgIpc) is 2.94. The number of sulfonamides is 1. The molecule has 3 aromatic carbocycles. The van der Waals surface area contributed by atoms with Gasteiger partial charge in [0.2, 0.25) is 0 Å². The average molecular weight is 392 g/mol. The Hall–Kier alpha value is -3.45. The number of anilines is 2. The van der Waals surface area contributed by atoms with Gasteiger partial charge in [-0.15, -0.1) is 0 Å². The van der Waals surface area contributed by atoms with E-state index in [9.17, 15) is 18.0 Å². The van der Waals surface area contributed by atoms with E-state index in [1.807, 2.05) is 6.92 Å². The molecule has 7 heteroatoms. The molecule has 140 valence electrons. The van der Waals surface area contributed by atoms with E-state index in [0.29, 0.717) is 22.5 Å². The van der Waals surface area contributed by atoms with Crippen molar-refractivity contribution in [3.8, 4) is 0 Å². The first-order valence-corrected chi connectivity index (χ1v) is 10.0. The van der Waals surface area contributed by atoms with Crippen LogP contribution in [-0.2, 0) is 10.0 Å². The molecule has 28 heavy (non-hydrogen) atoms. The van der Waals surface area contributed by atoms with Crippen molar-refractivity contribution in [2.45, 2.75) is 11.8 Å². The van der Waals surface area contributed by atoms with Gasteiger partial charge in [-0.3, -0.25) is 14.3 Å². The molecule has 4 rings (SSSR count). The van der Waals surface area contributed by atoms with E-state index >= 15 is 0 Å². The van der Waals surface area contributed by atoms with Gasteiger partial charge in [-0.2, -0.15) is 0 Å². The van der Waals surface area contributed by atoms with E-state index in [-0.39, 0.29) is 4.90 Å². The Morgan fingerprint density at radius 1 is 0.750 bits per heavy atom. The number of imide groups is 1. The summed E-state index contributed by atoms with van der Waals surface area (Å²) in [4.78, 5) is 26.3. The van der Waals surface area contributed by atoms with E-state index in [1.54, 1.807) is 36.4 Å². The molecule has 0 fully saturated rings. The highest BCUT2D eigenvalue weighted by Crippen LogP contribution is 2.29. The summed E-state index contributed by atoms with van der Waals surface area (Å²) in [5.41, 5.74) is 2.39. The minimum absolute atomic E-state index is 0.155. The Morgan fingerprint density at radius 2 is 1.29 bits per heavy atom. The van der Waals surface area contributed by atoms with Gasteiger partial charge in [0.05, 0.1) is 21.7 Å². The smallest absolute Gasteiger partial charge is 0.266 e. The molecule has 0 unspecified atom stereocenters. The molecule has 6 nitrogen and oxygen atoms in total. The summed E-state index contributed by atoms with van der Waals surface area (Å²) in [5, 5.41) is 0. The number of hydrogen-bond donors (Lipinski definition) is 1. The van der Waals surface area contributed by atoms with Gasteiger partial charge in [-0.1, -0.05) is 29.8 Å². The molecule has 0 aliphatic carbocycles. The van der Waals surface area contributed by atoms with Crippen LogP contribution in [0.4, 0.5) is 11.4 Å². The highest BCUT2D eigenvalue weighted by molar-refractivity contribution is 7.92. The zero-order chi connectivity index (χ0) is 19.9. The summed E-state index contributed by atoms with van der Waals surface area (Å²) in [6.07, 6.45) is 0. The number of hydrogen-bond acceptors (Lipinski definition) is 4. The molecule has 0 saturated carbocycles. The van der Waals surface area contributed by atoms with Gasteiger partial charge < -0.3 is 0 Å². The van der Waals surface area contributed by atoms with E-state index in [1.165, 1.54) is 36.4 Å². The van der Waals surface area contributed by atoms with Crippen LogP contribution in [0.2, 0.25) is 0 Å². The Kier molecular flexibility index (Phi) is 4.24. The molecule has 0 bridgehead atoms. The molecule has 0 radical (unpaired) electrons. The fraction of sp³-hybridized carbons (Fsp3) is 0.0476. The Bertz CT molecular complexity index is 1150. The first kappa shape index (κ1) is 17.9. The topological polar surface area (TPSA) is 83.6 Å². The Balaban J connectivity index is 1.58. The predicted molar refractivity (Wildman–Crippen MR) is 106 cm³/mol. The molecule has 3 aromatic rings. The molecule has 2 amide bonds. The summed E-state index contributed by atoms with van der Waals surface area (Å²) in [6, 6.07) is 19.3. The lowest BCUT2D eigenvalue weighted by Gasteiger charge is -2.15. The van der Waals surface area contributed by atoms with Gasteiger partial charge in [-0.25, -0.2) is 13.3 Å². The van der Waals surface area contributed by atoms with Crippen LogP contribution >= 0.6 is 0 Å². The first-order valence-electron chi connectivity index (χ1n) is 8.54. The van der Waals surface area contributed by atoms with Crippen molar-refractivity contribution in [2.75, 3.05) is 9.62 Å². The van der Waals surface area contributed by atoms with Crippen LogP contribution < -0.4 is 9.62 Å². The molecule has 1 heterocycles. The second kappa shape index (κ2) is 6.61. The van der Waals surface area contributed by atoms with E-state index in [4.69, 9.17) is 0 Å². The van der Waals surface area contributed by atoms with Gasteiger partial charge in [0.15, 0.2) is 0 Å². The maximum absolute atomic E-state index is 12.5. The summed E-state index contributed by atoms with van der Waals surface area (Å²) >= 11 is 0. The number of rotatable bonds is 4. The monoisotopic (exact) mass is 392 g/mol. The lowest BCUT2D eigenvalue weighted by Crippen LogP contribution is -2.29. The molecule has 0 aromatic heterocycles. The molecule has 0 atom stereocenters. The lowest BCUT2D eigenvalue weighted by molar-refractivity contribution is 0.0926. The predicted octanol–water partition coefficient (Wildman–Crippen LogP) is 3.60. The van der Waals surface area contributed by atoms with Gasteiger partial charge in [0.1, 0.15) is 0 Å². The number of carbonyl (C=O) groups excluding carboxylic acids is 2.